The molecule has 0 radical (unpaired) electrons. The van der Waals surface area contributed by atoms with Gasteiger partial charge in [0.1, 0.15) is 0 Å². The molecule has 78 valence electrons. The maximum Gasteiger partial charge on any atom is 0.336 e. The molecule has 0 amide bonds. The van der Waals surface area contributed by atoms with Crippen LogP contribution in [-0.4, -0.2) is 11.1 Å². The number of carboxylic acid groups (broad SMARTS) is 1. The van der Waals surface area contributed by atoms with Crippen LogP contribution in [0.1, 0.15) is 35.3 Å². The maximum absolute atomic E-state index is 10.7. The summed E-state index contributed by atoms with van der Waals surface area (Å²) in [6, 6.07) is 3.37. The Morgan fingerprint density at radius 1 is 1.29 bits per heavy atom. The van der Waals surface area contributed by atoms with Gasteiger partial charge in [-0.2, -0.15) is 0 Å². The van der Waals surface area contributed by atoms with Crippen LogP contribution in [0.25, 0.3) is 0 Å². The van der Waals surface area contributed by atoms with Gasteiger partial charge < -0.3 is 5.11 Å². The van der Waals surface area contributed by atoms with E-state index < -0.39 is 5.97 Å². The molecule has 0 spiro atoms. The van der Waals surface area contributed by atoms with Gasteiger partial charge in [0.25, 0.3) is 0 Å². The Hall–Kier alpha value is -1.02. The van der Waals surface area contributed by atoms with Crippen molar-refractivity contribution in [2.24, 2.45) is 0 Å². The van der Waals surface area contributed by atoms with E-state index in [0.717, 1.165) is 5.56 Å². The summed E-state index contributed by atoms with van der Waals surface area (Å²) in [6.07, 6.45) is 0. The lowest BCUT2D eigenvalue weighted by Crippen LogP contribution is -2.00. The van der Waals surface area contributed by atoms with Crippen molar-refractivity contribution in [3.8, 4) is 0 Å². The number of hydrogen-bond donors (Lipinski definition) is 1. The summed E-state index contributed by atoms with van der Waals surface area (Å²) in [6.45, 7) is 7.52. The lowest BCUT2D eigenvalue weighted by atomic mass is 10.1. The molecule has 1 aromatic rings. The van der Waals surface area contributed by atoms with Crippen molar-refractivity contribution in [1.29, 1.82) is 0 Å². The minimum Gasteiger partial charge on any atom is -0.478 e. The minimum atomic E-state index is -0.932. The Labute approximate surface area is 89.5 Å². The summed E-state index contributed by atoms with van der Waals surface area (Å²) < 4.78 is 0. The van der Waals surface area contributed by atoms with Gasteiger partial charge >= 0.3 is 5.97 Å². The standard InChI is InChI=1S/C9H9ClO2.C2H6/c1-5-3-7(9(11)12)6(2)8(10)4-5;1-2/h3-4H,1-2H3,(H,11,12);1-2H3. The molecule has 0 unspecified atom stereocenters. The molecule has 14 heavy (non-hydrogen) atoms. The minimum absolute atomic E-state index is 0.278. The van der Waals surface area contributed by atoms with Gasteiger partial charge in [-0.1, -0.05) is 25.4 Å². The highest BCUT2D eigenvalue weighted by Crippen LogP contribution is 2.21. The molecule has 0 atom stereocenters. The van der Waals surface area contributed by atoms with Gasteiger partial charge in [0.05, 0.1) is 5.56 Å². The Morgan fingerprint density at radius 3 is 2.21 bits per heavy atom. The van der Waals surface area contributed by atoms with Crippen LogP contribution in [0.5, 0.6) is 0 Å². The summed E-state index contributed by atoms with van der Waals surface area (Å²) in [5.41, 5.74) is 1.76. The lowest BCUT2D eigenvalue weighted by molar-refractivity contribution is 0.0696. The lowest BCUT2D eigenvalue weighted by Gasteiger charge is -2.04. The van der Waals surface area contributed by atoms with E-state index in [2.05, 4.69) is 0 Å². The van der Waals surface area contributed by atoms with Crippen LogP contribution in [0.15, 0.2) is 12.1 Å². The van der Waals surface area contributed by atoms with E-state index in [-0.39, 0.29) is 5.56 Å². The maximum atomic E-state index is 10.7. The molecule has 3 heteroatoms. The SMILES string of the molecule is CC.Cc1cc(Cl)c(C)c(C(=O)O)c1. The molecule has 0 saturated heterocycles. The second kappa shape index (κ2) is 5.66. The predicted molar refractivity (Wildman–Crippen MR) is 59.2 cm³/mol. The molecule has 0 bridgehead atoms. The highest BCUT2D eigenvalue weighted by Gasteiger charge is 2.09. The zero-order valence-electron chi connectivity index (χ0n) is 8.89. The first-order valence-electron chi connectivity index (χ1n) is 4.52. The molecule has 0 saturated carbocycles. The molecule has 1 N–H and O–H groups in total. The Bertz CT molecular complexity index is 332. The highest BCUT2D eigenvalue weighted by atomic mass is 35.5. The van der Waals surface area contributed by atoms with E-state index in [1.165, 1.54) is 0 Å². The van der Waals surface area contributed by atoms with Gasteiger partial charge in [0, 0.05) is 5.02 Å². The van der Waals surface area contributed by atoms with Crippen molar-refractivity contribution in [3.05, 3.63) is 33.8 Å². The van der Waals surface area contributed by atoms with Crippen molar-refractivity contribution in [3.63, 3.8) is 0 Å². The predicted octanol–water partition coefficient (Wildman–Crippen LogP) is 3.68. The third-order valence-electron chi connectivity index (χ3n) is 1.72. The summed E-state index contributed by atoms with van der Waals surface area (Å²) in [7, 11) is 0. The average Bonchev–Trinajstić information content (AvgIpc) is 2.14. The van der Waals surface area contributed by atoms with Crippen LogP contribution < -0.4 is 0 Å². The topological polar surface area (TPSA) is 37.3 Å². The number of hydrogen-bond acceptors (Lipinski definition) is 1. The van der Waals surface area contributed by atoms with Gasteiger partial charge in [0.15, 0.2) is 0 Å². The number of aryl methyl sites for hydroxylation is 1. The second-order valence-corrected chi connectivity index (χ2v) is 3.13. The summed E-state index contributed by atoms with van der Waals surface area (Å²) in [4.78, 5) is 10.7. The molecular formula is C11H15ClO2. The van der Waals surface area contributed by atoms with Crippen molar-refractivity contribution < 1.29 is 9.90 Å². The van der Waals surface area contributed by atoms with Crippen LogP contribution in [0, 0.1) is 13.8 Å². The number of carbonyl (C=O) groups is 1. The molecule has 1 rings (SSSR count). The molecular weight excluding hydrogens is 200 g/mol. The first-order valence-corrected chi connectivity index (χ1v) is 4.90. The van der Waals surface area contributed by atoms with Gasteiger partial charge in [-0.3, -0.25) is 0 Å². The Morgan fingerprint density at radius 2 is 1.79 bits per heavy atom. The van der Waals surface area contributed by atoms with E-state index in [0.29, 0.717) is 10.6 Å². The quantitative estimate of drug-likeness (QED) is 0.774. The Kier molecular flexibility index (Phi) is 5.24. The summed E-state index contributed by atoms with van der Waals surface area (Å²) in [5, 5.41) is 9.26. The number of aromatic carboxylic acids is 1. The molecule has 0 aliphatic rings. The molecule has 0 aliphatic heterocycles. The zero-order chi connectivity index (χ0) is 11.3. The number of benzene rings is 1. The highest BCUT2D eigenvalue weighted by molar-refractivity contribution is 6.31. The molecule has 0 aromatic heterocycles. The van der Waals surface area contributed by atoms with Crippen molar-refractivity contribution in [2.45, 2.75) is 27.7 Å². The third kappa shape index (κ3) is 3.04. The summed E-state index contributed by atoms with van der Waals surface area (Å²) >= 11 is 5.80. The first-order chi connectivity index (χ1) is 6.52. The van der Waals surface area contributed by atoms with Gasteiger partial charge in [0.2, 0.25) is 0 Å². The van der Waals surface area contributed by atoms with Crippen molar-refractivity contribution in [1.82, 2.24) is 0 Å². The van der Waals surface area contributed by atoms with Crippen LogP contribution in [0.2, 0.25) is 5.02 Å². The van der Waals surface area contributed by atoms with Crippen LogP contribution in [0.3, 0.4) is 0 Å². The van der Waals surface area contributed by atoms with Crippen LogP contribution in [-0.2, 0) is 0 Å². The van der Waals surface area contributed by atoms with E-state index >= 15 is 0 Å². The van der Waals surface area contributed by atoms with Gasteiger partial charge in [-0.25, -0.2) is 4.79 Å². The van der Waals surface area contributed by atoms with E-state index in [1.54, 1.807) is 19.1 Å². The molecule has 2 nitrogen and oxygen atoms in total. The fourth-order valence-electron chi connectivity index (χ4n) is 1.04. The monoisotopic (exact) mass is 214 g/mol. The third-order valence-corrected chi connectivity index (χ3v) is 2.11. The van der Waals surface area contributed by atoms with Crippen LogP contribution in [0.4, 0.5) is 0 Å². The smallest absolute Gasteiger partial charge is 0.336 e. The number of halogens is 1. The summed E-state index contributed by atoms with van der Waals surface area (Å²) in [5.74, 6) is -0.932. The van der Waals surface area contributed by atoms with E-state index in [4.69, 9.17) is 16.7 Å². The van der Waals surface area contributed by atoms with E-state index in [1.807, 2.05) is 20.8 Å². The molecule has 0 fully saturated rings. The van der Waals surface area contributed by atoms with Crippen LogP contribution >= 0.6 is 11.6 Å². The fourth-order valence-corrected chi connectivity index (χ4v) is 1.31. The molecule has 1 aromatic carbocycles. The average molecular weight is 215 g/mol. The zero-order valence-corrected chi connectivity index (χ0v) is 9.64. The van der Waals surface area contributed by atoms with Crippen molar-refractivity contribution >= 4 is 17.6 Å². The first kappa shape index (κ1) is 13.0. The Balaban J connectivity index is 0.000000791. The van der Waals surface area contributed by atoms with Crippen molar-refractivity contribution in [2.75, 3.05) is 0 Å². The normalized spacial score (nSPS) is 8.93. The molecule has 0 heterocycles. The van der Waals surface area contributed by atoms with Gasteiger partial charge in [-0.15, -0.1) is 0 Å². The number of carboxylic acids is 1. The largest absolute Gasteiger partial charge is 0.478 e. The second-order valence-electron chi connectivity index (χ2n) is 2.72. The fraction of sp³-hybridized carbons (Fsp3) is 0.364. The molecule has 0 aliphatic carbocycles. The number of rotatable bonds is 1. The van der Waals surface area contributed by atoms with E-state index in [9.17, 15) is 4.79 Å². The van der Waals surface area contributed by atoms with Gasteiger partial charge in [-0.05, 0) is 37.1 Å².